The molecule has 5 heteroatoms. The van der Waals surface area contributed by atoms with Crippen LogP contribution >= 0.6 is 0 Å². The summed E-state index contributed by atoms with van der Waals surface area (Å²) in [4.78, 5) is 20.3. The largest absolute Gasteiger partial charge is 0.289 e. The van der Waals surface area contributed by atoms with Crippen molar-refractivity contribution in [3.8, 4) is 0 Å². The van der Waals surface area contributed by atoms with Crippen molar-refractivity contribution in [1.82, 2.24) is 15.4 Å². The average Bonchev–Trinajstić information content (AvgIpc) is 2.63. The number of rotatable bonds is 5. The minimum Gasteiger partial charge on any atom is -0.281 e. The number of hydrazine groups is 1. The fourth-order valence-corrected chi connectivity index (χ4v) is 2.17. The maximum Gasteiger partial charge on any atom is 0.289 e. The van der Waals surface area contributed by atoms with Crippen LogP contribution in [0.4, 0.5) is 5.69 Å². The van der Waals surface area contributed by atoms with Gasteiger partial charge in [-0.05, 0) is 17.7 Å². The second-order valence-corrected chi connectivity index (χ2v) is 4.94. The van der Waals surface area contributed by atoms with Gasteiger partial charge in [0.05, 0.1) is 18.4 Å². The lowest BCUT2D eigenvalue weighted by Gasteiger charge is -2.25. The molecule has 1 heterocycles. The van der Waals surface area contributed by atoms with E-state index in [0.29, 0.717) is 6.54 Å². The predicted octanol–water partition coefficient (Wildman–Crippen LogP) is 2.83. The first kappa shape index (κ1) is 14.7. The molecule has 0 saturated heterocycles. The Morgan fingerprint density at radius 2 is 1.65 bits per heavy atom. The van der Waals surface area contributed by atoms with E-state index in [1.54, 1.807) is 5.01 Å². The van der Waals surface area contributed by atoms with Gasteiger partial charge in [0.2, 0.25) is 0 Å². The lowest BCUT2D eigenvalue weighted by atomic mass is 10.2. The molecular formula is C18H16N4O. The van der Waals surface area contributed by atoms with Gasteiger partial charge in [0.25, 0.3) is 5.91 Å². The molecule has 3 rings (SSSR count). The molecule has 0 saturated carbocycles. The Kier molecular flexibility index (Phi) is 4.59. The van der Waals surface area contributed by atoms with E-state index in [1.165, 1.54) is 18.6 Å². The second kappa shape index (κ2) is 7.17. The molecule has 3 aromatic rings. The Bertz CT molecular complexity index is 748. The molecule has 0 radical (unpaired) electrons. The number of nitrogens with one attached hydrogen (secondary N) is 1. The van der Waals surface area contributed by atoms with E-state index in [2.05, 4.69) is 15.4 Å². The van der Waals surface area contributed by atoms with E-state index in [4.69, 9.17) is 0 Å². The number of hydrogen-bond donors (Lipinski definition) is 1. The topological polar surface area (TPSA) is 58.1 Å². The van der Waals surface area contributed by atoms with Crippen LogP contribution in [0.1, 0.15) is 16.1 Å². The Morgan fingerprint density at radius 3 is 2.30 bits per heavy atom. The van der Waals surface area contributed by atoms with Crippen LogP contribution < -0.4 is 10.4 Å². The molecule has 0 bridgehead atoms. The quantitative estimate of drug-likeness (QED) is 0.736. The van der Waals surface area contributed by atoms with Crippen LogP contribution in [0.2, 0.25) is 0 Å². The SMILES string of the molecule is O=C(NN(Cc1ccccc1)c1ccccc1)c1cnccn1. The second-order valence-electron chi connectivity index (χ2n) is 4.94. The lowest BCUT2D eigenvalue weighted by molar-refractivity contribution is 0.0943. The van der Waals surface area contributed by atoms with Crippen molar-refractivity contribution in [1.29, 1.82) is 0 Å². The van der Waals surface area contributed by atoms with Gasteiger partial charge in [-0.15, -0.1) is 0 Å². The van der Waals surface area contributed by atoms with Crippen molar-refractivity contribution in [3.05, 3.63) is 90.5 Å². The Hall–Kier alpha value is -3.21. The number of carbonyl (C=O) groups is 1. The van der Waals surface area contributed by atoms with Crippen LogP contribution in [0.15, 0.2) is 79.3 Å². The van der Waals surface area contributed by atoms with E-state index in [-0.39, 0.29) is 11.6 Å². The first-order valence-electron chi connectivity index (χ1n) is 7.26. The molecule has 114 valence electrons. The van der Waals surface area contributed by atoms with Gasteiger partial charge in [0, 0.05) is 12.4 Å². The van der Waals surface area contributed by atoms with Gasteiger partial charge < -0.3 is 0 Å². The molecule has 0 aliphatic carbocycles. The van der Waals surface area contributed by atoms with Crippen molar-refractivity contribution >= 4 is 11.6 Å². The fraction of sp³-hybridized carbons (Fsp3) is 0.0556. The molecule has 0 unspecified atom stereocenters. The Morgan fingerprint density at radius 1 is 0.957 bits per heavy atom. The summed E-state index contributed by atoms with van der Waals surface area (Å²) in [5.74, 6) is -0.294. The smallest absolute Gasteiger partial charge is 0.281 e. The van der Waals surface area contributed by atoms with Gasteiger partial charge >= 0.3 is 0 Å². The molecule has 0 atom stereocenters. The molecule has 0 aliphatic rings. The number of para-hydroxylation sites is 1. The highest BCUT2D eigenvalue weighted by molar-refractivity contribution is 5.92. The molecule has 0 aliphatic heterocycles. The van der Waals surface area contributed by atoms with E-state index >= 15 is 0 Å². The van der Waals surface area contributed by atoms with Gasteiger partial charge in [0.15, 0.2) is 0 Å². The molecule has 1 aromatic heterocycles. The number of carbonyl (C=O) groups excluding carboxylic acids is 1. The third-order valence-electron chi connectivity index (χ3n) is 3.28. The van der Waals surface area contributed by atoms with E-state index in [1.807, 2.05) is 60.7 Å². The van der Waals surface area contributed by atoms with Crippen molar-refractivity contribution < 1.29 is 4.79 Å². The van der Waals surface area contributed by atoms with Crippen LogP contribution in [0, 0.1) is 0 Å². The van der Waals surface area contributed by atoms with Crippen molar-refractivity contribution in [3.63, 3.8) is 0 Å². The fourth-order valence-electron chi connectivity index (χ4n) is 2.17. The Labute approximate surface area is 134 Å². The minimum absolute atomic E-state index is 0.279. The third-order valence-corrected chi connectivity index (χ3v) is 3.28. The van der Waals surface area contributed by atoms with Crippen molar-refractivity contribution in [2.24, 2.45) is 0 Å². The monoisotopic (exact) mass is 304 g/mol. The number of anilines is 1. The number of hydrogen-bond acceptors (Lipinski definition) is 4. The van der Waals surface area contributed by atoms with Crippen LogP contribution in [-0.4, -0.2) is 15.9 Å². The average molecular weight is 304 g/mol. The maximum absolute atomic E-state index is 12.4. The molecule has 1 amide bonds. The first-order chi connectivity index (χ1) is 11.3. The zero-order chi connectivity index (χ0) is 15.9. The first-order valence-corrected chi connectivity index (χ1v) is 7.26. The van der Waals surface area contributed by atoms with Gasteiger partial charge in [-0.2, -0.15) is 0 Å². The van der Waals surface area contributed by atoms with Gasteiger partial charge in [-0.25, -0.2) is 4.98 Å². The highest BCUT2D eigenvalue weighted by Crippen LogP contribution is 2.15. The Balaban J connectivity index is 1.82. The number of amides is 1. The van der Waals surface area contributed by atoms with Crippen LogP contribution in [0.25, 0.3) is 0 Å². The van der Waals surface area contributed by atoms with Crippen molar-refractivity contribution in [2.45, 2.75) is 6.54 Å². The summed E-state index contributed by atoms with van der Waals surface area (Å²) >= 11 is 0. The molecule has 2 aromatic carbocycles. The summed E-state index contributed by atoms with van der Waals surface area (Å²) in [6, 6.07) is 19.6. The maximum atomic E-state index is 12.4. The summed E-state index contributed by atoms with van der Waals surface area (Å²) in [7, 11) is 0. The van der Waals surface area contributed by atoms with Crippen LogP contribution in [0.3, 0.4) is 0 Å². The zero-order valence-electron chi connectivity index (χ0n) is 12.5. The van der Waals surface area contributed by atoms with Gasteiger partial charge in [-0.1, -0.05) is 48.5 Å². The number of benzene rings is 2. The summed E-state index contributed by atoms with van der Waals surface area (Å²) in [5, 5.41) is 1.80. The third kappa shape index (κ3) is 3.91. The summed E-state index contributed by atoms with van der Waals surface area (Å²) < 4.78 is 0. The van der Waals surface area contributed by atoms with E-state index < -0.39 is 0 Å². The standard InChI is InChI=1S/C18H16N4O/c23-18(17-13-19-11-12-20-17)21-22(16-9-5-2-6-10-16)14-15-7-3-1-4-8-15/h1-13H,14H2,(H,21,23). The van der Waals surface area contributed by atoms with Gasteiger partial charge in [0.1, 0.15) is 5.69 Å². The zero-order valence-corrected chi connectivity index (χ0v) is 12.5. The van der Waals surface area contributed by atoms with Crippen LogP contribution in [0.5, 0.6) is 0 Å². The molecule has 23 heavy (non-hydrogen) atoms. The summed E-state index contributed by atoms with van der Waals surface area (Å²) in [5.41, 5.74) is 5.16. The lowest BCUT2D eigenvalue weighted by Crippen LogP contribution is -2.42. The predicted molar refractivity (Wildman–Crippen MR) is 88.6 cm³/mol. The molecule has 5 nitrogen and oxygen atoms in total. The molecule has 0 fully saturated rings. The molecule has 0 spiro atoms. The minimum atomic E-state index is -0.294. The number of aromatic nitrogens is 2. The summed E-state index contributed by atoms with van der Waals surface area (Å²) in [6.07, 6.45) is 4.48. The normalized spacial score (nSPS) is 10.1. The highest BCUT2D eigenvalue weighted by atomic mass is 16.2. The highest BCUT2D eigenvalue weighted by Gasteiger charge is 2.13. The van der Waals surface area contributed by atoms with Crippen molar-refractivity contribution in [2.75, 3.05) is 5.01 Å². The van der Waals surface area contributed by atoms with E-state index in [0.717, 1.165) is 11.3 Å². The van der Waals surface area contributed by atoms with Crippen LogP contribution in [-0.2, 0) is 6.54 Å². The molecule has 1 N–H and O–H groups in total. The van der Waals surface area contributed by atoms with Gasteiger partial charge in [-0.3, -0.25) is 20.2 Å². The summed E-state index contributed by atoms with van der Waals surface area (Å²) in [6.45, 7) is 0.552. The number of nitrogens with zero attached hydrogens (tertiary/aromatic N) is 3. The molecular weight excluding hydrogens is 288 g/mol. The van der Waals surface area contributed by atoms with E-state index in [9.17, 15) is 4.79 Å².